The molecule has 1 amide bonds. The predicted octanol–water partition coefficient (Wildman–Crippen LogP) is 0.502. The van der Waals surface area contributed by atoms with E-state index in [-0.39, 0.29) is 11.9 Å². The lowest BCUT2D eigenvalue weighted by atomic mass is 9.98. The number of amides is 1. The van der Waals surface area contributed by atoms with Gasteiger partial charge < -0.3 is 15.3 Å². The van der Waals surface area contributed by atoms with Gasteiger partial charge in [0.25, 0.3) is 0 Å². The molecule has 2 heterocycles. The van der Waals surface area contributed by atoms with Crippen LogP contribution in [0.25, 0.3) is 0 Å². The molecule has 2 atom stereocenters. The Morgan fingerprint density at radius 2 is 2.19 bits per heavy atom. The third-order valence-electron chi connectivity index (χ3n) is 3.73. The van der Waals surface area contributed by atoms with Crippen molar-refractivity contribution in [1.82, 2.24) is 10.2 Å². The molecule has 0 aromatic rings. The van der Waals surface area contributed by atoms with E-state index < -0.39 is 5.60 Å². The van der Waals surface area contributed by atoms with Crippen LogP contribution in [0.1, 0.15) is 39.0 Å². The first kappa shape index (κ1) is 11.9. The molecule has 0 aliphatic carbocycles. The Hall–Kier alpha value is -0.610. The van der Waals surface area contributed by atoms with Crippen molar-refractivity contribution in [3.63, 3.8) is 0 Å². The molecule has 2 aliphatic heterocycles. The lowest BCUT2D eigenvalue weighted by molar-refractivity contribution is -0.133. The lowest BCUT2D eigenvalue weighted by Crippen LogP contribution is -2.44. The fourth-order valence-corrected chi connectivity index (χ4v) is 2.60. The number of carbonyl (C=O) groups excluding carboxylic acids is 1. The number of hydrogen-bond donors (Lipinski definition) is 2. The Morgan fingerprint density at radius 1 is 1.38 bits per heavy atom. The van der Waals surface area contributed by atoms with Gasteiger partial charge in [0.05, 0.1) is 11.6 Å². The molecule has 1 unspecified atom stereocenters. The lowest BCUT2D eigenvalue weighted by Gasteiger charge is -2.25. The first-order valence-corrected chi connectivity index (χ1v) is 6.33. The van der Waals surface area contributed by atoms with Gasteiger partial charge in [-0.1, -0.05) is 0 Å². The van der Waals surface area contributed by atoms with E-state index in [1.54, 1.807) is 0 Å². The number of carbonyl (C=O) groups is 1. The van der Waals surface area contributed by atoms with Gasteiger partial charge in [-0.15, -0.1) is 0 Å². The Labute approximate surface area is 97.0 Å². The minimum Gasteiger partial charge on any atom is -0.390 e. The molecular formula is C12H22N2O2. The standard InChI is InChI=1S/C12H22N2O2/c1-12(16)5-3-8-14(9-6-12)11(15)10-4-2-7-13-10/h10,13,16H,2-9H2,1H3/t10-,12?/m0/s1. The Balaban J connectivity index is 1.91. The summed E-state index contributed by atoms with van der Waals surface area (Å²) in [6, 6.07) is 0.0306. The van der Waals surface area contributed by atoms with Crippen LogP contribution in [0, 0.1) is 0 Å². The maximum atomic E-state index is 12.1. The predicted molar refractivity (Wildman–Crippen MR) is 62.1 cm³/mol. The molecular weight excluding hydrogens is 204 g/mol. The zero-order chi connectivity index (χ0) is 11.6. The molecule has 0 bridgehead atoms. The summed E-state index contributed by atoms with van der Waals surface area (Å²) in [6.07, 6.45) is 4.47. The Kier molecular flexibility index (Phi) is 3.50. The van der Waals surface area contributed by atoms with Crippen molar-refractivity contribution in [1.29, 1.82) is 0 Å². The summed E-state index contributed by atoms with van der Waals surface area (Å²) in [4.78, 5) is 14.1. The van der Waals surface area contributed by atoms with Crippen LogP contribution in [0.5, 0.6) is 0 Å². The number of nitrogens with one attached hydrogen (secondary N) is 1. The number of rotatable bonds is 1. The van der Waals surface area contributed by atoms with Crippen LogP contribution >= 0.6 is 0 Å². The van der Waals surface area contributed by atoms with Gasteiger partial charge in [0, 0.05) is 13.1 Å². The second-order valence-corrected chi connectivity index (χ2v) is 5.32. The van der Waals surface area contributed by atoms with Gasteiger partial charge in [0.1, 0.15) is 0 Å². The number of likely N-dealkylation sites (tertiary alicyclic amines) is 1. The van der Waals surface area contributed by atoms with Crippen molar-refractivity contribution >= 4 is 5.91 Å². The van der Waals surface area contributed by atoms with E-state index in [9.17, 15) is 9.90 Å². The average molecular weight is 226 g/mol. The molecule has 2 N–H and O–H groups in total. The first-order chi connectivity index (χ1) is 7.58. The number of aliphatic hydroxyl groups is 1. The van der Waals surface area contributed by atoms with Gasteiger partial charge >= 0.3 is 0 Å². The van der Waals surface area contributed by atoms with Crippen molar-refractivity contribution in [3.05, 3.63) is 0 Å². The molecule has 16 heavy (non-hydrogen) atoms. The van der Waals surface area contributed by atoms with Crippen molar-refractivity contribution in [2.45, 2.75) is 50.7 Å². The van der Waals surface area contributed by atoms with E-state index in [1.807, 2.05) is 11.8 Å². The van der Waals surface area contributed by atoms with E-state index in [1.165, 1.54) is 0 Å². The van der Waals surface area contributed by atoms with Crippen LogP contribution in [0.4, 0.5) is 0 Å². The normalized spacial score (nSPS) is 36.1. The highest BCUT2D eigenvalue weighted by molar-refractivity contribution is 5.82. The van der Waals surface area contributed by atoms with E-state index in [0.29, 0.717) is 13.0 Å². The fraction of sp³-hybridized carbons (Fsp3) is 0.917. The van der Waals surface area contributed by atoms with Gasteiger partial charge in [0.2, 0.25) is 5.91 Å². The molecule has 4 nitrogen and oxygen atoms in total. The Morgan fingerprint density at radius 3 is 2.88 bits per heavy atom. The third-order valence-corrected chi connectivity index (χ3v) is 3.73. The highest BCUT2D eigenvalue weighted by Crippen LogP contribution is 2.22. The Bertz CT molecular complexity index is 260. The van der Waals surface area contributed by atoms with Crippen LogP contribution < -0.4 is 5.32 Å². The molecule has 2 aliphatic rings. The van der Waals surface area contributed by atoms with E-state index in [4.69, 9.17) is 0 Å². The topological polar surface area (TPSA) is 52.6 Å². The summed E-state index contributed by atoms with van der Waals surface area (Å²) in [5, 5.41) is 13.2. The van der Waals surface area contributed by atoms with Crippen LogP contribution in [-0.4, -0.2) is 47.2 Å². The second kappa shape index (κ2) is 4.72. The van der Waals surface area contributed by atoms with Crippen LogP contribution in [-0.2, 0) is 4.79 Å². The average Bonchev–Trinajstić information content (AvgIpc) is 2.69. The summed E-state index contributed by atoms with van der Waals surface area (Å²) in [6.45, 7) is 4.33. The van der Waals surface area contributed by atoms with Crippen molar-refractivity contribution in [3.8, 4) is 0 Å². The summed E-state index contributed by atoms with van der Waals surface area (Å²) >= 11 is 0. The molecule has 92 valence electrons. The van der Waals surface area contributed by atoms with Crippen molar-refractivity contribution in [2.75, 3.05) is 19.6 Å². The molecule has 0 aromatic carbocycles. The number of hydrogen-bond acceptors (Lipinski definition) is 3. The second-order valence-electron chi connectivity index (χ2n) is 5.32. The van der Waals surface area contributed by atoms with E-state index in [2.05, 4.69) is 5.32 Å². The largest absolute Gasteiger partial charge is 0.390 e. The minimum absolute atomic E-state index is 0.0306. The highest BCUT2D eigenvalue weighted by Gasteiger charge is 2.31. The molecule has 4 heteroatoms. The van der Waals surface area contributed by atoms with Gasteiger partial charge in [-0.2, -0.15) is 0 Å². The van der Waals surface area contributed by atoms with Crippen molar-refractivity contribution in [2.24, 2.45) is 0 Å². The monoisotopic (exact) mass is 226 g/mol. The van der Waals surface area contributed by atoms with Crippen LogP contribution in [0.15, 0.2) is 0 Å². The third kappa shape index (κ3) is 2.74. The first-order valence-electron chi connectivity index (χ1n) is 6.33. The van der Waals surface area contributed by atoms with Gasteiger partial charge in [-0.05, 0) is 45.6 Å². The van der Waals surface area contributed by atoms with Crippen molar-refractivity contribution < 1.29 is 9.90 Å². The van der Waals surface area contributed by atoms with Crippen LogP contribution in [0.3, 0.4) is 0 Å². The minimum atomic E-state index is -0.585. The van der Waals surface area contributed by atoms with Crippen LogP contribution in [0.2, 0.25) is 0 Å². The summed E-state index contributed by atoms with van der Waals surface area (Å²) in [7, 11) is 0. The molecule has 0 saturated carbocycles. The van der Waals surface area contributed by atoms with Gasteiger partial charge in [-0.3, -0.25) is 4.79 Å². The SMILES string of the molecule is CC1(O)CCCN(C(=O)[C@@H]2CCCN2)CC1. The summed E-state index contributed by atoms with van der Waals surface area (Å²) in [5.41, 5.74) is -0.585. The summed E-state index contributed by atoms with van der Waals surface area (Å²) in [5.74, 6) is 0.232. The zero-order valence-corrected chi connectivity index (χ0v) is 10.0. The maximum absolute atomic E-state index is 12.1. The maximum Gasteiger partial charge on any atom is 0.239 e. The van der Waals surface area contributed by atoms with E-state index in [0.717, 1.165) is 38.8 Å². The molecule has 2 fully saturated rings. The molecule has 2 rings (SSSR count). The highest BCUT2D eigenvalue weighted by atomic mass is 16.3. The number of nitrogens with zero attached hydrogens (tertiary/aromatic N) is 1. The van der Waals surface area contributed by atoms with Gasteiger partial charge in [-0.25, -0.2) is 0 Å². The summed E-state index contributed by atoms with van der Waals surface area (Å²) < 4.78 is 0. The molecule has 0 radical (unpaired) electrons. The molecule has 0 aromatic heterocycles. The molecule has 0 spiro atoms. The van der Waals surface area contributed by atoms with Gasteiger partial charge in [0.15, 0.2) is 0 Å². The quantitative estimate of drug-likeness (QED) is 0.684. The fourth-order valence-electron chi connectivity index (χ4n) is 2.60. The smallest absolute Gasteiger partial charge is 0.239 e. The molecule has 2 saturated heterocycles. The van der Waals surface area contributed by atoms with E-state index >= 15 is 0 Å². The zero-order valence-electron chi connectivity index (χ0n) is 10.0.